The molecule has 3 aromatic rings. The number of nitrogens with one attached hydrogen (secondary N) is 1. The summed E-state index contributed by atoms with van der Waals surface area (Å²) in [7, 11) is 0. The average Bonchev–Trinajstić information content (AvgIpc) is 3.27. The predicted octanol–water partition coefficient (Wildman–Crippen LogP) is 3.96. The van der Waals surface area contributed by atoms with Crippen LogP contribution < -0.4 is 5.32 Å². The minimum atomic E-state index is -1.03. The summed E-state index contributed by atoms with van der Waals surface area (Å²) in [4.78, 5) is 39.6. The largest absolute Gasteiger partial charge is 0.451 e. The molecule has 8 nitrogen and oxygen atoms in total. The highest BCUT2D eigenvalue weighted by atomic mass is 16.6. The molecule has 5 rings (SSSR count). The van der Waals surface area contributed by atoms with Crippen molar-refractivity contribution < 1.29 is 28.6 Å². The van der Waals surface area contributed by atoms with Crippen molar-refractivity contribution in [3.8, 4) is 0 Å². The number of hydrogen-bond acceptors (Lipinski definition) is 6. The highest BCUT2D eigenvalue weighted by Crippen LogP contribution is 2.31. The maximum atomic E-state index is 13.5. The lowest BCUT2D eigenvalue weighted by molar-refractivity contribution is -0.158. The molecule has 0 radical (unpaired) electrons. The molecule has 2 saturated heterocycles. The van der Waals surface area contributed by atoms with Crippen molar-refractivity contribution in [2.45, 2.75) is 43.9 Å². The van der Waals surface area contributed by atoms with E-state index < -0.39 is 30.3 Å². The Morgan fingerprint density at radius 2 is 1.51 bits per heavy atom. The lowest BCUT2D eigenvalue weighted by atomic mass is 10.0. The van der Waals surface area contributed by atoms with E-state index in [-0.39, 0.29) is 25.2 Å². The molecule has 0 saturated carbocycles. The van der Waals surface area contributed by atoms with Gasteiger partial charge in [-0.15, -0.1) is 0 Å². The quantitative estimate of drug-likeness (QED) is 0.353. The topological polar surface area (TPSA) is 94.2 Å². The van der Waals surface area contributed by atoms with E-state index in [1.54, 1.807) is 4.90 Å². The summed E-state index contributed by atoms with van der Waals surface area (Å²) in [6.07, 6.45) is -1.58. The van der Waals surface area contributed by atoms with Crippen LogP contribution >= 0.6 is 0 Å². The summed E-state index contributed by atoms with van der Waals surface area (Å²) in [5.41, 5.74) is 2.44. The zero-order valence-corrected chi connectivity index (χ0v) is 20.2. The van der Waals surface area contributed by atoms with Gasteiger partial charge < -0.3 is 24.4 Å². The Morgan fingerprint density at radius 3 is 2.08 bits per heavy atom. The van der Waals surface area contributed by atoms with Gasteiger partial charge in [0.15, 0.2) is 6.10 Å². The Morgan fingerprint density at radius 1 is 0.919 bits per heavy atom. The molecule has 2 amide bonds. The van der Waals surface area contributed by atoms with Gasteiger partial charge in [0, 0.05) is 13.0 Å². The van der Waals surface area contributed by atoms with Crippen molar-refractivity contribution in [2.75, 3.05) is 6.54 Å². The second kappa shape index (κ2) is 11.3. The van der Waals surface area contributed by atoms with Crippen LogP contribution in [0, 0.1) is 0 Å². The van der Waals surface area contributed by atoms with Crippen LogP contribution in [0.3, 0.4) is 0 Å². The molecule has 0 aliphatic carbocycles. The van der Waals surface area contributed by atoms with Crippen LogP contribution in [0.1, 0.15) is 35.6 Å². The molecule has 0 spiro atoms. The van der Waals surface area contributed by atoms with E-state index in [1.807, 2.05) is 91.0 Å². The van der Waals surface area contributed by atoms with Crippen LogP contribution in [0.2, 0.25) is 0 Å². The molecule has 3 atom stereocenters. The van der Waals surface area contributed by atoms with Gasteiger partial charge in [-0.1, -0.05) is 91.0 Å². The molecule has 0 bridgehead atoms. The monoisotopic (exact) mass is 500 g/mol. The van der Waals surface area contributed by atoms with Crippen molar-refractivity contribution in [2.24, 2.45) is 0 Å². The maximum absolute atomic E-state index is 13.5. The number of carbonyl (C=O) groups excluding carboxylic acids is 3. The average molecular weight is 501 g/mol. The van der Waals surface area contributed by atoms with Crippen molar-refractivity contribution >= 4 is 18.0 Å². The number of hydrogen-bond donors (Lipinski definition) is 1. The van der Waals surface area contributed by atoms with Gasteiger partial charge in [0.2, 0.25) is 5.91 Å². The SMILES string of the molecule is O=C(N[C@@H](CC1CN2C(=O)CC2O1)C(=O)OC(c1ccccc1)c1ccccc1)OCc1ccccc1. The molecule has 37 heavy (non-hydrogen) atoms. The molecule has 8 heteroatoms. The number of esters is 1. The third-order valence-electron chi connectivity index (χ3n) is 6.49. The number of ether oxygens (including phenoxy) is 3. The first-order valence-corrected chi connectivity index (χ1v) is 12.3. The maximum Gasteiger partial charge on any atom is 0.408 e. The van der Waals surface area contributed by atoms with E-state index in [0.29, 0.717) is 13.0 Å². The van der Waals surface area contributed by atoms with Gasteiger partial charge in [-0.25, -0.2) is 9.59 Å². The van der Waals surface area contributed by atoms with Gasteiger partial charge in [0.1, 0.15) is 18.9 Å². The molecule has 2 unspecified atom stereocenters. The van der Waals surface area contributed by atoms with Gasteiger partial charge in [-0.3, -0.25) is 4.79 Å². The summed E-state index contributed by atoms with van der Waals surface area (Å²) in [6, 6.07) is 27.1. The molecule has 2 aliphatic rings. The van der Waals surface area contributed by atoms with E-state index in [2.05, 4.69) is 5.32 Å². The van der Waals surface area contributed by atoms with Gasteiger partial charge in [-0.2, -0.15) is 0 Å². The normalized spacial score (nSPS) is 19.1. The fraction of sp³-hybridized carbons (Fsp3) is 0.276. The predicted molar refractivity (Wildman–Crippen MR) is 134 cm³/mol. The molecular weight excluding hydrogens is 472 g/mol. The summed E-state index contributed by atoms with van der Waals surface area (Å²) < 4.78 is 17.3. The number of nitrogens with zero attached hydrogens (tertiary/aromatic N) is 1. The minimum absolute atomic E-state index is 0.0232. The van der Waals surface area contributed by atoms with Gasteiger partial charge in [0.05, 0.1) is 12.5 Å². The third-order valence-corrected chi connectivity index (χ3v) is 6.49. The molecule has 1 N–H and O–H groups in total. The molecular formula is C29H28N2O6. The standard InChI is InChI=1S/C29H28N2O6/c32-25-17-26-31(25)18-23(36-26)16-24(30-29(34)35-19-20-10-4-1-5-11-20)28(33)37-27(21-12-6-2-7-13-21)22-14-8-3-9-15-22/h1-15,23-24,26-27H,16-19H2,(H,30,34)/t23?,24-,26?/m0/s1. The Labute approximate surface area is 215 Å². The van der Waals surface area contributed by atoms with Gasteiger partial charge in [0.25, 0.3) is 0 Å². The highest BCUT2D eigenvalue weighted by molar-refractivity contribution is 5.83. The van der Waals surface area contributed by atoms with Crippen molar-refractivity contribution in [3.05, 3.63) is 108 Å². The van der Waals surface area contributed by atoms with E-state index in [1.165, 1.54) is 0 Å². The Hall–Kier alpha value is -4.17. The minimum Gasteiger partial charge on any atom is -0.451 e. The molecule has 2 heterocycles. The van der Waals surface area contributed by atoms with Crippen molar-refractivity contribution in [1.82, 2.24) is 10.2 Å². The number of β-lactam (4-membered cyclic amide) rings is 1. The van der Waals surface area contributed by atoms with Gasteiger partial charge in [-0.05, 0) is 16.7 Å². The third kappa shape index (κ3) is 5.98. The van der Waals surface area contributed by atoms with Crippen LogP contribution in [-0.4, -0.2) is 47.8 Å². The fourth-order valence-electron chi connectivity index (χ4n) is 4.55. The Balaban J connectivity index is 1.31. The number of amides is 2. The lowest BCUT2D eigenvalue weighted by Crippen LogP contribution is -2.48. The van der Waals surface area contributed by atoms with Crippen LogP contribution in [0.5, 0.6) is 0 Å². The number of benzene rings is 3. The van der Waals surface area contributed by atoms with Crippen molar-refractivity contribution in [3.63, 3.8) is 0 Å². The van der Waals surface area contributed by atoms with Gasteiger partial charge >= 0.3 is 12.1 Å². The summed E-state index contributed by atoms with van der Waals surface area (Å²) in [5, 5.41) is 2.66. The Bertz CT molecular complexity index is 1180. The van der Waals surface area contributed by atoms with Crippen LogP contribution in [-0.2, 0) is 30.4 Å². The Kier molecular flexibility index (Phi) is 7.46. The zero-order valence-electron chi connectivity index (χ0n) is 20.2. The first kappa shape index (κ1) is 24.5. The summed E-state index contributed by atoms with van der Waals surface area (Å²) in [6.45, 7) is 0.435. The number of alkyl carbamates (subject to hydrolysis) is 1. The van der Waals surface area contributed by atoms with Crippen molar-refractivity contribution in [1.29, 1.82) is 0 Å². The number of fused-ring (bicyclic) bond motifs is 1. The smallest absolute Gasteiger partial charge is 0.408 e. The molecule has 190 valence electrons. The summed E-state index contributed by atoms with van der Waals surface area (Å²) >= 11 is 0. The number of rotatable bonds is 9. The number of carbonyl (C=O) groups is 3. The van der Waals surface area contributed by atoms with E-state index in [0.717, 1.165) is 16.7 Å². The van der Waals surface area contributed by atoms with Crippen LogP contribution in [0.15, 0.2) is 91.0 Å². The fourth-order valence-corrected chi connectivity index (χ4v) is 4.55. The first-order chi connectivity index (χ1) is 18.1. The molecule has 0 aromatic heterocycles. The molecule has 2 aliphatic heterocycles. The second-order valence-corrected chi connectivity index (χ2v) is 9.10. The highest BCUT2D eigenvalue weighted by Gasteiger charge is 2.46. The lowest BCUT2D eigenvalue weighted by Gasteiger charge is -2.31. The first-order valence-electron chi connectivity index (χ1n) is 12.3. The van der Waals surface area contributed by atoms with E-state index in [9.17, 15) is 14.4 Å². The zero-order chi connectivity index (χ0) is 25.6. The van der Waals surface area contributed by atoms with E-state index >= 15 is 0 Å². The van der Waals surface area contributed by atoms with Crippen LogP contribution in [0.25, 0.3) is 0 Å². The van der Waals surface area contributed by atoms with Crippen LogP contribution in [0.4, 0.5) is 4.79 Å². The van der Waals surface area contributed by atoms with E-state index in [4.69, 9.17) is 14.2 Å². The molecule has 2 fully saturated rings. The second-order valence-electron chi connectivity index (χ2n) is 9.10. The summed E-state index contributed by atoms with van der Waals surface area (Å²) in [5.74, 6) is -0.589. The molecule has 3 aromatic carbocycles.